The van der Waals surface area contributed by atoms with E-state index >= 15 is 0 Å². The van der Waals surface area contributed by atoms with E-state index in [0.717, 1.165) is 24.1 Å². The van der Waals surface area contributed by atoms with E-state index in [1.54, 1.807) is 24.5 Å². The van der Waals surface area contributed by atoms with Gasteiger partial charge in [0.2, 0.25) is 5.95 Å². The zero-order valence-corrected chi connectivity index (χ0v) is 15.7. The Morgan fingerprint density at radius 1 is 0.966 bits per heavy atom. The van der Waals surface area contributed by atoms with Crippen LogP contribution in [-0.2, 0) is 0 Å². The number of hydrogen-bond donors (Lipinski definition) is 2. The molecule has 6 nitrogen and oxygen atoms in total. The number of ether oxygens (including phenoxy) is 1. The van der Waals surface area contributed by atoms with Crippen molar-refractivity contribution in [2.75, 3.05) is 10.6 Å². The molecule has 1 aliphatic carbocycles. The topological polar surface area (TPSA) is 72.0 Å². The van der Waals surface area contributed by atoms with Gasteiger partial charge >= 0.3 is 6.61 Å². The SMILES string of the molecule is FC(F)Oc1ccc(Nc2cc(-c3ccncc3)nc(NC3CCCC3)n2)cc1. The third-order valence-electron chi connectivity index (χ3n) is 4.74. The summed E-state index contributed by atoms with van der Waals surface area (Å²) in [6, 6.07) is 12.3. The molecule has 0 spiro atoms. The molecule has 2 N–H and O–H groups in total. The van der Waals surface area contributed by atoms with Crippen LogP contribution in [0, 0.1) is 0 Å². The molecule has 0 saturated heterocycles. The van der Waals surface area contributed by atoms with Crippen LogP contribution in [0.4, 0.5) is 26.2 Å². The smallest absolute Gasteiger partial charge is 0.387 e. The van der Waals surface area contributed by atoms with E-state index in [1.807, 2.05) is 18.2 Å². The molecule has 1 fully saturated rings. The fraction of sp³-hybridized carbons (Fsp3) is 0.286. The lowest BCUT2D eigenvalue weighted by Crippen LogP contribution is -2.17. The molecule has 0 unspecified atom stereocenters. The first-order valence-corrected chi connectivity index (χ1v) is 9.53. The van der Waals surface area contributed by atoms with Gasteiger partial charge in [-0.1, -0.05) is 12.8 Å². The van der Waals surface area contributed by atoms with Crippen molar-refractivity contribution in [3.8, 4) is 17.0 Å². The summed E-state index contributed by atoms with van der Waals surface area (Å²) >= 11 is 0. The highest BCUT2D eigenvalue weighted by atomic mass is 19.3. The standard InChI is InChI=1S/C21H21F2N5O/c22-20(23)29-17-7-5-16(6-8-17)25-19-13-18(14-9-11-24-12-10-14)27-21(28-19)26-15-3-1-2-4-15/h5-13,15,20H,1-4H2,(H2,25,26,27,28). The largest absolute Gasteiger partial charge is 0.435 e. The number of nitrogens with one attached hydrogen (secondary N) is 2. The zero-order valence-electron chi connectivity index (χ0n) is 15.7. The van der Waals surface area contributed by atoms with Crippen molar-refractivity contribution in [3.63, 3.8) is 0 Å². The van der Waals surface area contributed by atoms with E-state index in [4.69, 9.17) is 0 Å². The molecular formula is C21H21F2N5O. The molecule has 1 aromatic carbocycles. The van der Waals surface area contributed by atoms with Gasteiger partial charge in [-0.15, -0.1) is 0 Å². The van der Waals surface area contributed by atoms with E-state index in [-0.39, 0.29) is 5.75 Å². The van der Waals surface area contributed by atoms with E-state index in [1.165, 1.54) is 25.0 Å². The Bertz CT molecular complexity index is 932. The normalized spacial score (nSPS) is 14.2. The Labute approximate surface area is 167 Å². The summed E-state index contributed by atoms with van der Waals surface area (Å²) in [4.78, 5) is 13.3. The first-order chi connectivity index (χ1) is 14.2. The fourth-order valence-electron chi connectivity index (χ4n) is 3.37. The molecule has 0 amide bonds. The highest BCUT2D eigenvalue weighted by Gasteiger charge is 2.17. The number of halogens is 2. The van der Waals surface area contributed by atoms with Crippen molar-refractivity contribution in [2.45, 2.75) is 38.3 Å². The number of rotatable bonds is 7. The van der Waals surface area contributed by atoms with Crippen LogP contribution in [0.1, 0.15) is 25.7 Å². The van der Waals surface area contributed by atoms with Crippen LogP contribution in [0.2, 0.25) is 0 Å². The predicted molar refractivity (Wildman–Crippen MR) is 107 cm³/mol. The van der Waals surface area contributed by atoms with E-state index in [2.05, 4.69) is 30.3 Å². The molecule has 8 heteroatoms. The molecule has 3 aromatic rings. The van der Waals surface area contributed by atoms with Crippen molar-refractivity contribution in [1.82, 2.24) is 15.0 Å². The van der Waals surface area contributed by atoms with Gasteiger partial charge in [-0.2, -0.15) is 13.8 Å². The van der Waals surface area contributed by atoms with Gasteiger partial charge in [-0.25, -0.2) is 4.98 Å². The Morgan fingerprint density at radius 2 is 1.69 bits per heavy atom. The average molecular weight is 397 g/mol. The number of nitrogens with zero attached hydrogens (tertiary/aromatic N) is 3. The number of anilines is 3. The van der Waals surface area contributed by atoms with Gasteiger partial charge in [-0.05, 0) is 49.2 Å². The molecule has 2 heterocycles. The molecule has 0 bridgehead atoms. The van der Waals surface area contributed by atoms with Crippen molar-refractivity contribution in [3.05, 3.63) is 54.9 Å². The van der Waals surface area contributed by atoms with Gasteiger partial charge in [0.15, 0.2) is 0 Å². The minimum Gasteiger partial charge on any atom is -0.435 e. The molecular weight excluding hydrogens is 376 g/mol. The maximum atomic E-state index is 12.3. The third kappa shape index (κ3) is 5.16. The summed E-state index contributed by atoms with van der Waals surface area (Å²) in [5, 5.41) is 6.64. The summed E-state index contributed by atoms with van der Waals surface area (Å²) in [5.41, 5.74) is 2.40. The lowest BCUT2D eigenvalue weighted by atomic mass is 10.2. The second kappa shape index (κ2) is 8.81. The van der Waals surface area contributed by atoms with Gasteiger partial charge in [-0.3, -0.25) is 4.98 Å². The van der Waals surface area contributed by atoms with Crippen LogP contribution in [0.15, 0.2) is 54.9 Å². The maximum Gasteiger partial charge on any atom is 0.387 e. The molecule has 150 valence electrons. The van der Waals surface area contributed by atoms with Crippen LogP contribution < -0.4 is 15.4 Å². The molecule has 29 heavy (non-hydrogen) atoms. The fourth-order valence-corrected chi connectivity index (χ4v) is 3.37. The highest BCUT2D eigenvalue weighted by Crippen LogP contribution is 2.27. The van der Waals surface area contributed by atoms with Crippen molar-refractivity contribution >= 4 is 17.5 Å². The van der Waals surface area contributed by atoms with Crippen molar-refractivity contribution in [2.24, 2.45) is 0 Å². The summed E-state index contributed by atoms with van der Waals surface area (Å²) in [7, 11) is 0. The van der Waals surface area contributed by atoms with Crippen molar-refractivity contribution < 1.29 is 13.5 Å². The van der Waals surface area contributed by atoms with Gasteiger partial charge in [0.25, 0.3) is 0 Å². The first kappa shape index (κ1) is 19.0. The van der Waals surface area contributed by atoms with Gasteiger partial charge in [0, 0.05) is 35.8 Å². The second-order valence-corrected chi connectivity index (χ2v) is 6.85. The van der Waals surface area contributed by atoms with Crippen molar-refractivity contribution in [1.29, 1.82) is 0 Å². The Hall–Kier alpha value is -3.29. The summed E-state index contributed by atoms with van der Waals surface area (Å²) in [5.74, 6) is 1.27. The monoisotopic (exact) mass is 397 g/mol. The minimum absolute atomic E-state index is 0.106. The van der Waals surface area contributed by atoms with Gasteiger partial charge in [0.1, 0.15) is 11.6 Å². The molecule has 1 saturated carbocycles. The third-order valence-corrected chi connectivity index (χ3v) is 4.74. The Morgan fingerprint density at radius 3 is 2.38 bits per heavy atom. The quantitative estimate of drug-likeness (QED) is 0.568. The molecule has 0 aliphatic heterocycles. The van der Waals surface area contributed by atoms with E-state index < -0.39 is 6.61 Å². The average Bonchev–Trinajstić information content (AvgIpc) is 3.23. The lowest BCUT2D eigenvalue weighted by molar-refractivity contribution is -0.0498. The number of benzene rings is 1. The molecule has 4 rings (SSSR count). The van der Waals surface area contributed by atoms with E-state index in [0.29, 0.717) is 23.5 Å². The first-order valence-electron chi connectivity index (χ1n) is 9.53. The molecule has 2 aromatic heterocycles. The van der Waals surface area contributed by atoms with Crippen LogP contribution in [0.25, 0.3) is 11.3 Å². The minimum atomic E-state index is -2.84. The maximum absolute atomic E-state index is 12.3. The Balaban J connectivity index is 1.59. The van der Waals surface area contributed by atoms with Gasteiger partial charge < -0.3 is 15.4 Å². The highest BCUT2D eigenvalue weighted by molar-refractivity contribution is 5.67. The predicted octanol–water partition coefficient (Wildman–Crippen LogP) is 5.24. The summed E-state index contributed by atoms with van der Waals surface area (Å²) in [6.45, 7) is -2.84. The molecule has 0 radical (unpaired) electrons. The molecule has 1 aliphatic rings. The van der Waals surface area contributed by atoms with Crippen LogP contribution in [0.5, 0.6) is 5.75 Å². The van der Waals surface area contributed by atoms with Gasteiger partial charge in [0.05, 0.1) is 5.69 Å². The van der Waals surface area contributed by atoms with Crippen LogP contribution >= 0.6 is 0 Å². The second-order valence-electron chi connectivity index (χ2n) is 6.85. The number of hydrogen-bond acceptors (Lipinski definition) is 6. The Kier molecular flexibility index (Phi) is 5.79. The van der Waals surface area contributed by atoms with Crippen LogP contribution in [-0.4, -0.2) is 27.6 Å². The lowest BCUT2D eigenvalue weighted by Gasteiger charge is -2.15. The van der Waals surface area contributed by atoms with E-state index in [9.17, 15) is 8.78 Å². The summed E-state index contributed by atoms with van der Waals surface area (Å²) < 4.78 is 29.0. The number of alkyl halides is 2. The number of aromatic nitrogens is 3. The number of pyridine rings is 1. The zero-order chi connectivity index (χ0) is 20.1. The summed E-state index contributed by atoms with van der Waals surface area (Å²) in [6.07, 6.45) is 8.07. The van der Waals surface area contributed by atoms with Crippen LogP contribution in [0.3, 0.4) is 0 Å². The molecule has 0 atom stereocenters.